The van der Waals surface area contributed by atoms with Gasteiger partial charge in [0.1, 0.15) is 10.8 Å². The molecule has 0 bridgehead atoms. The summed E-state index contributed by atoms with van der Waals surface area (Å²) < 4.78 is 104. The van der Waals surface area contributed by atoms with Gasteiger partial charge in [0.2, 0.25) is 9.84 Å². The molecule has 1 aromatic rings. The van der Waals surface area contributed by atoms with Crippen LogP contribution in [0.3, 0.4) is 0 Å². The number of hydrogen-bond acceptors (Lipinski definition) is 4. The molecular weight excluding hydrogens is 401 g/mol. The summed E-state index contributed by atoms with van der Waals surface area (Å²) in [4.78, 5) is -0.731. The SMILES string of the molecule is CC(C)(C)[S+]([O-])NC(CCC(F)(F)F)C(F)(F)S(=O)(=O)c1ccccc1. The molecule has 150 valence electrons. The van der Waals surface area contributed by atoms with Crippen LogP contribution in [0, 0.1) is 0 Å². The van der Waals surface area contributed by atoms with Crippen molar-refractivity contribution in [2.24, 2.45) is 0 Å². The monoisotopic (exact) mass is 421 g/mol. The molecular formula is C15H20F5NO3S2. The van der Waals surface area contributed by atoms with E-state index in [9.17, 15) is 34.9 Å². The summed E-state index contributed by atoms with van der Waals surface area (Å²) in [5.74, 6) is 0. The maximum Gasteiger partial charge on any atom is 0.389 e. The minimum Gasteiger partial charge on any atom is -0.598 e. The van der Waals surface area contributed by atoms with Gasteiger partial charge in [-0.2, -0.15) is 22.0 Å². The molecule has 0 aliphatic rings. The maximum absolute atomic E-state index is 14.7. The van der Waals surface area contributed by atoms with Crippen molar-refractivity contribution in [3.63, 3.8) is 0 Å². The van der Waals surface area contributed by atoms with E-state index in [0.717, 1.165) is 12.1 Å². The lowest BCUT2D eigenvalue weighted by Gasteiger charge is -2.32. The number of benzene rings is 1. The molecule has 0 fully saturated rings. The zero-order valence-electron chi connectivity index (χ0n) is 14.3. The Hall–Kier alpha value is -0.910. The molecule has 2 unspecified atom stereocenters. The number of halogens is 5. The fraction of sp³-hybridized carbons (Fsp3) is 0.600. The fourth-order valence-electron chi connectivity index (χ4n) is 1.85. The maximum atomic E-state index is 14.7. The summed E-state index contributed by atoms with van der Waals surface area (Å²) in [5, 5.41) is -4.60. The highest BCUT2D eigenvalue weighted by atomic mass is 32.2. The second kappa shape index (κ2) is 7.99. The van der Waals surface area contributed by atoms with E-state index in [1.165, 1.54) is 39.0 Å². The first kappa shape index (κ1) is 23.1. The fourth-order valence-corrected chi connectivity index (χ4v) is 4.19. The molecule has 0 aliphatic carbocycles. The average Bonchev–Trinajstić information content (AvgIpc) is 2.49. The molecule has 0 heterocycles. The van der Waals surface area contributed by atoms with Gasteiger partial charge in [-0.3, -0.25) is 0 Å². The van der Waals surface area contributed by atoms with E-state index in [1.54, 1.807) is 0 Å². The van der Waals surface area contributed by atoms with Gasteiger partial charge in [-0.05, 0) is 39.3 Å². The third-order valence-electron chi connectivity index (χ3n) is 3.34. The molecule has 0 saturated heterocycles. The minimum absolute atomic E-state index is 0.731. The Labute approximate surface area is 152 Å². The third-order valence-corrected chi connectivity index (χ3v) is 6.84. The molecule has 0 amide bonds. The Kier molecular flexibility index (Phi) is 7.11. The molecule has 0 spiro atoms. The van der Waals surface area contributed by atoms with Crippen molar-refractivity contribution in [2.45, 2.75) is 60.7 Å². The van der Waals surface area contributed by atoms with Gasteiger partial charge in [0.05, 0.1) is 4.90 Å². The minimum atomic E-state index is -5.29. The Morgan fingerprint density at radius 3 is 2.00 bits per heavy atom. The van der Waals surface area contributed by atoms with E-state index >= 15 is 0 Å². The first-order chi connectivity index (χ1) is 11.6. The normalized spacial score (nSPS) is 16.3. The van der Waals surface area contributed by atoms with Gasteiger partial charge < -0.3 is 4.55 Å². The van der Waals surface area contributed by atoms with Crippen molar-refractivity contribution in [3.05, 3.63) is 30.3 Å². The van der Waals surface area contributed by atoms with Crippen molar-refractivity contribution in [2.75, 3.05) is 0 Å². The number of nitrogens with one attached hydrogen (secondary N) is 1. The highest BCUT2D eigenvalue weighted by molar-refractivity contribution is 7.93. The standard InChI is InChI=1S/C15H20F5NO3S2/c1-13(2,3)25(22)21-12(9-10-14(16,17)18)15(19,20)26(23,24)11-7-5-4-6-8-11/h4-8,12,21H,9-10H2,1-3H3. The molecule has 1 rings (SSSR count). The van der Waals surface area contributed by atoms with Crippen LogP contribution in [0.1, 0.15) is 33.6 Å². The van der Waals surface area contributed by atoms with Crippen molar-refractivity contribution in [3.8, 4) is 0 Å². The molecule has 1 aromatic carbocycles. The van der Waals surface area contributed by atoms with Crippen LogP contribution in [0.4, 0.5) is 22.0 Å². The van der Waals surface area contributed by atoms with E-state index in [-0.39, 0.29) is 0 Å². The molecule has 26 heavy (non-hydrogen) atoms. The lowest BCUT2D eigenvalue weighted by atomic mass is 10.2. The number of alkyl halides is 5. The summed E-state index contributed by atoms with van der Waals surface area (Å²) in [5.41, 5.74) is 0. The summed E-state index contributed by atoms with van der Waals surface area (Å²) in [7, 11) is -5.29. The molecule has 0 radical (unpaired) electrons. The second-order valence-electron chi connectivity index (χ2n) is 6.58. The van der Waals surface area contributed by atoms with E-state index in [1.807, 2.05) is 4.72 Å². The van der Waals surface area contributed by atoms with Crippen molar-refractivity contribution in [1.29, 1.82) is 0 Å². The summed E-state index contributed by atoms with van der Waals surface area (Å²) in [6.07, 6.45) is -7.66. The lowest BCUT2D eigenvalue weighted by molar-refractivity contribution is -0.138. The van der Waals surface area contributed by atoms with Crippen molar-refractivity contribution < 1.29 is 34.9 Å². The highest BCUT2D eigenvalue weighted by Crippen LogP contribution is 2.36. The first-order valence-corrected chi connectivity index (χ1v) is 10.1. The quantitative estimate of drug-likeness (QED) is 0.537. The predicted molar refractivity (Wildman–Crippen MR) is 88.7 cm³/mol. The Morgan fingerprint density at radius 2 is 1.58 bits per heavy atom. The predicted octanol–water partition coefficient (Wildman–Crippen LogP) is 3.82. The van der Waals surface area contributed by atoms with Gasteiger partial charge in [0.15, 0.2) is 0 Å². The molecule has 2 atom stereocenters. The van der Waals surface area contributed by atoms with E-state index in [2.05, 4.69) is 0 Å². The molecule has 1 N–H and O–H groups in total. The summed E-state index contributed by atoms with van der Waals surface area (Å²) in [6, 6.07) is 3.21. The molecule has 11 heteroatoms. The Bertz CT molecular complexity index is 687. The zero-order chi connectivity index (χ0) is 20.4. The zero-order valence-corrected chi connectivity index (χ0v) is 15.9. The van der Waals surface area contributed by atoms with E-state index in [0.29, 0.717) is 0 Å². The van der Waals surface area contributed by atoms with Crippen LogP contribution in [-0.2, 0) is 21.2 Å². The number of hydrogen-bond donors (Lipinski definition) is 1. The van der Waals surface area contributed by atoms with E-state index in [4.69, 9.17) is 0 Å². The van der Waals surface area contributed by atoms with Gasteiger partial charge >= 0.3 is 11.4 Å². The summed E-state index contributed by atoms with van der Waals surface area (Å²) in [6.45, 7) is 4.25. The van der Waals surface area contributed by atoms with Gasteiger partial charge in [-0.25, -0.2) is 8.42 Å². The van der Waals surface area contributed by atoms with Crippen LogP contribution in [0.15, 0.2) is 35.2 Å². The molecule has 0 aromatic heterocycles. The van der Waals surface area contributed by atoms with Crippen LogP contribution in [0.2, 0.25) is 0 Å². The van der Waals surface area contributed by atoms with Crippen LogP contribution in [0.5, 0.6) is 0 Å². The largest absolute Gasteiger partial charge is 0.598 e. The first-order valence-electron chi connectivity index (χ1n) is 7.51. The highest BCUT2D eigenvalue weighted by Gasteiger charge is 2.55. The number of rotatable bonds is 7. The molecule has 0 saturated carbocycles. The third kappa shape index (κ3) is 5.80. The van der Waals surface area contributed by atoms with Gasteiger partial charge in [-0.1, -0.05) is 18.2 Å². The van der Waals surface area contributed by atoms with Gasteiger partial charge in [-0.15, -0.1) is 4.72 Å². The van der Waals surface area contributed by atoms with Crippen LogP contribution in [0.25, 0.3) is 0 Å². The number of sulfone groups is 1. The lowest BCUT2D eigenvalue weighted by Crippen LogP contribution is -2.55. The topological polar surface area (TPSA) is 69.2 Å². The van der Waals surface area contributed by atoms with E-state index < -0.39 is 61.2 Å². The van der Waals surface area contributed by atoms with Gasteiger partial charge in [0.25, 0.3) is 0 Å². The summed E-state index contributed by atoms with van der Waals surface area (Å²) >= 11 is -2.20. The second-order valence-corrected chi connectivity index (χ2v) is 10.6. The average molecular weight is 421 g/mol. The van der Waals surface area contributed by atoms with Crippen LogP contribution >= 0.6 is 0 Å². The Balaban J connectivity index is 3.25. The van der Waals surface area contributed by atoms with Crippen LogP contribution < -0.4 is 4.72 Å². The van der Waals surface area contributed by atoms with Crippen LogP contribution in [-0.4, -0.2) is 35.2 Å². The van der Waals surface area contributed by atoms with Gasteiger partial charge in [0, 0.05) is 17.8 Å². The molecule has 4 nitrogen and oxygen atoms in total. The Morgan fingerprint density at radius 1 is 1.08 bits per heavy atom. The van der Waals surface area contributed by atoms with Crippen molar-refractivity contribution >= 4 is 21.2 Å². The van der Waals surface area contributed by atoms with Crippen molar-refractivity contribution in [1.82, 2.24) is 4.72 Å². The smallest absolute Gasteiger partial charge is 0.389 e. The molecule has 0 aliphatic heterocycles.